The zero-order valence-electron chi connectivity index (χ0n) is 8.53. The Morgan fingerprint density at radius 2 is 2.12 bits per heavy atom. The fraction of sp³-hybridized carbons (Fsp3) is 0.364. The average molecular weight is 286 g/mol. The smallest absolute Gasteiger partial charge is 0.335 e. The highest BCUT2D eigenvalue weighted by Crippen LogP contribution is 2.38. The van der Waals surface area contributed by atoms with Gasteiger partial charge >= 0.3 is 5.97 Å². The van der Waals surface area contributed by atoms with Crippen LogP contribution in [0.15, 0.2) is 22.7 Å². The van der Waals surface area contributed by atoms with Crippen molar-refractivity contribution in [1.82, 2.24) is 0 Å². The molecule has 86 valence electrons. The fourth-order valence-electron chi connectivity index (χ4n) is 1.56. The molecule has 16 heavy (non-hydrogen) atoms. The zero-order chi connectivity index (χ0) is 11.8. The lowest BCUT2D eigenvalue weighted by Crippen LogP contribution is -2.25. The number of aromatic carboxylic acids is 1. The predicted molar refractivity (Wildman–Crippen MR) is 63.8 cm³/mol. The van der Waals surface area contributed by atoms with E-state index in [9.17, 15) is 9.90 Å². The number of halogens is 1. The summed E-state index contributed by atoms with van der Waals surface area (Å²) in [4.78, 5) is 10.9. The van der Waals surface area contributed by atoms with Crippen LogP contribution in [0.5, 0.6) is 0 Å². The van der Waals surface area contributed by atoms with E-state index in [1.807, 2.05) is 6.07 Å². The van der Waals surface area contributed by atoms with Gasteiger partial charge in [-0.1, -0.05) is 15.9 Å². The van der Waals surface area contributed by atoms with Gasteiger partial charge in [0.2, 0.25) is 0 Å². The molecule has 1 aromatic carbocycles. The summed E-state index contributed by atoms with van der Waals surface area (Å²) in [7, 11) is 0. The van der Waals surface area contributed by atoms with Crippen LogP contribution in [-0.2, 0) is 0 Å². The van der Waals surface area contributed by atoms with Crippen molar-refractivity contribution >= 4 is 27.6 Å². The molecule has 0 heterocycles. The van der Waals surface area contributed by atoms with E-state index in [1.165, 1.54) is 0 Å². The summed E-state index contributed by atoms with van der Waals surface area (Å²) in [6, 6.07) is 4.93. The molecule has 1 saturated carbocycles. The first-order valence-electron chi connectivity index (χ1n) is 4.98. The van der Waals surface area contributed by atoms with Crippen LogP contribution >= 0.6 is 15.9 Å². The van der Waals surface area contributed by atoms with Crippen molar-refractivity contribution in [1.29, 1.82) is 0 Å². The highest BCUT2D eigenvalue weighted by molar-refractivity contribution is 9.10. The molecule has 0 unspecified atom stereocenters. The number of carbonyl (C=O) groups is 1. The molecule has 1 aromatic rings. The van der Waals surface area contributed by atoms with Gasteiger partial charge in [-0.2, -0.15) is 0 Å². The number of hydrogen-bond donors (Lipinski definition) is 3. The quantitative estimate of drug-likeness (QED) is 0.792. The zero-order valence-corrected chi connectivity index (χ0v) is 10.1. The summed E-state index contributed by atoms with van der Waals surface area (Å²) in [6.07, 6.45) is 1.83. The number of nitrogens with one attached hydrogen (secondary N) is 1. The number of carboxylic acids is 1. The van der Waals surface area contributed by atoms with E-state index in [2.05, 4.69) is 21.2 Å². The highest BCUT2D eigenvalue weighted by atomic mass is 79.9. The summed E-state index contributed by atoms with van der Waals surface area (Å²) in [5.41, 5.74) is 0.709. The maximum atomic E-state index is 10.9. The molecule has 5 heteroatoms. The Morgan fingerprint density at radius 1 is 1.44 bits per heavy atom. The summed E-state index contributed by atoms with van der Waals surface area (Å²) in [5, 5.41) is 21.3. The van der Waals surface area contributed by atoms with E-state index in [-0.39, 0.29) is 17.7 Å². The van der Waals surface area contributed by atoms with Gasteiger partial charge in [0.15, 0.2) is 0 Å². The molecule has 0 spiro atoms. The van der Waals surface area contributed by atoms with Gasteiger partial charge < -0.3 is 15.5 Å². The third kappa shape index (κ3) is 2.36. The van der Waals surface area contributed by atoms with Crippen LogP contribution in [-0.4, -0.2) is 28.3 Å². The van der Waals surface area contributed by atoms with Gasteiger partial charge in [0.05, 0.1) is 17.7 Å². The molecule has 1 aliphatic carbocycles. The molecule has 3 N–H and O–H groups in total. The minimum absolute atomic E-state index is 0.0713. The molecule has 2 rings (SSSR count). The molecular weight excluding hydrogens is 274 g/mol. The van der Waals surface area contributed by atoms with Crippen molar-refractivity contribution in [2.45, 2.75) is 18.4 Å². The van der Waals surface area contributed by atoms with Crippen molar-refractivity contribution in [3.8, 4) is 0 Å². The molecular formula is C11H12BrNO3. The van der Waals surface area contributed by atoms with E-state index in [0.717, 1.165) is 18.5 Å². The maximum Gasteiger partial charge on any atom is 0.335 e. The van der Waals surface area contributed by atoms with Crippen molar-refractivity contribution in [3.63, 3.8) is 0 Å². The molecule has 0 saturated heterocycles. The Hall–Kier alpha value is -1.07. The van der Waals surface area contributed by atoms with E-state index in [4.69, 9.17) is 5.11 Å². The normalized spacial score (nSPS) is 16.9. The van der Waals surface area contributed by atoms with E-state index < -0.39 is 5.97 Å². The Morgan fingerprint density at radius 3 is 2.62 bits per heavy atom. The van der Waals surface area contributed by atoms with Gasteiger partial charge in [0.25, 0.3) is 0 Å². The van der Waals surface area contributed by atoms with E-state index in [1.54, 1.807) is 12.1 Å². The van der Waals surface area contributed by atoms with E-state index in [0.29, 0.717) is 4.47 Å². The lowest BCUT2D eigenvalue weighted by Gasteiger charge is -2.16. The largest absolute Gasteiger partial charge is 0.478 e. The van der Waals surface area contributed by atoms with Crippen molar-refractivity contribution in [2.75, 3.05) is 11.9 Å². The van der Waals surface area contributed by atoms with Gasteiger partial charge in [0.1, 0.15) is 0 Å². The van der Waals surface area contributed by atoms with Crippen molar-refractivity contribution in [2.24, 2.45) is 0 Å². The molecule has 1 fully saturated rings. The number of anilines is 1. The number of aliphatic hydroxyl groups is 1. The van der Waals surface area contributed by atoms with Crippen LogP contribution in [0, 0.1) is 0 Å². The second kappa shape index (κ2) is 4.07. The number of hydrogen-bond acceptors (Lipinski definition) is 3. The van der Waals surface area contributed by atoms with Gasteiger partial charge in [-0.05, 0) is 31.0 Å². The van der Waals surface area contributed by atoms with Crippen LogP contribution in [0.25, 0.3) is 0 Å². The predicted octanol–water partition coefficient (Wildman–Crippen LogP) is 2.08. The topological polar surface area (TPSA) is 69.6 Å². The molecule has 0 amide bonds. The van der Waals surface area contributed by atoms with Gasteiger partial charge in [-0.25, -0.2) is 4.79 Å². The number of carboxylic acid groups (broad SMARTS) is 1. The van der Waals surface area contributed by atoms with Crippen LogP contribution in [0.3, 0.4) is 0 Å². The summed E-state index contributed by atoms with van der Waals surface area (Å²) in [6.45, 7) is 0.0713. The SMILES string of the molecule is O=C(O)c1cc(Br)cc(NC2(CO)CC2)c1. The molecule has 4 nitrogen and oxygen atoms in total. The Kier molecular flexibility index (Phi) is 2.90. The van der Waals surface area contributed by atoms with Gasteiger partial charge in [-0.15, -0.1) is 0 Å². The molecule has 0 atom stereocenters. The fourth-order valence-corrected chi connectivity index (χ4v) is 2.06. The lowest BCUT2D eigenvalue weighted by atomic mass is 10.2. The standard InChI is InChI=1S/C11H12BrNO3/c12-8-3-7(10(15)16)4-9(5-8)13-11(6-14)1-2-11/h3-5,13-14H,1-2,6H2,(H,15,16). The number of rotatable bonds is 4. The second-order valence-electron chi connectivity index (χ2n) is 4.10. The van der Waals surface area contributed by atoms with Crippen LogP contribution in [0.4, 0.5) is 5.69 Å². The Bertz CT molecular complexity index is 429. The minimum atomic E-state index is -0.960. The second-order valence-corrected chi connectivity index (χ2v) is 5.01. The van der Waals surface area contributed by atoms with Crippen LogP contribution in [0.2, 0.25) is 0 Å². The summed E-state index contributed by atoms with van der Waals surface area (Å²) in [5.74, 6) is -0.960. The van der Waals surface area contributed by atoms with E-state index >= 15 is 0 Å². The minimum Gasteiger partial charge on any atom is -0.478 e. The first-order chi connectivity index (χ1) is 7.54. The van der Waals surface area contributed by atoms with Crippen molar-refractivity contribution in [3.05, 3.63) is 28.2 Å². The number of aliphatic hydroxyl groups excluding tert-OH is 1. The molecule has 0 radical (unpaired) electrons. The lowest BCUT2D eigenvalue weighted by molar-refractivity contribution is 0.0697. The first-order valence-corrected chi connectivity index (χ1v) is 5.77. The third-order valence-electron chi connectivity index (χ3n) is 2.71. The Balaban J connectivity index is 2.24. The van der Waals surface area contributed by atoms with Crippen LogP contribution in [0.1, 0.15) is 23.2 Å². The Labute approximate surface area is 101 Å². The maximum absolute atomic E-state index is 10.9. The third-order valence-corrected chi connectivity index (χ3v) is 3.17. The van der Waals surface area contributed by atoms with Crippen LogP contribution < -0.4 is 5.32 Å². The molecule has 1 aliphatic rings. The summed E-state index contributed by atoms with van der Waals surface area (Å²) >= 11 is 3.27. The summed E-state index contributed by atoms with van der Waals surface area (Å²) < 4.78 is 0.712. The highest BCUT2D eigenvalue weighted by Gasteiger charge is 2.42. The van der Waals surface area contributed by atoms with Gasteiger partial charge in [-0.3, -0.25) is 0 Å². The molecule has 0 bridgehead atoms. The first kappa shape index (κ1) is 11.4. The monoisotopic (exact) mass is 285 g/mol. The van der Waals surface area contributed by atoms with Crippen molar-refractivity contribution < 1.29 is 15.0 Å². The number of benzene rings is 1. The molecule has 0 aromatic heterocycles. The average Bonchev–Trinajstić information content (AvgIpc) is 2.97. The van der Waals surface area contributed by atoms with Gasteiger partial charge in [0, 0.05) is 10.2 Å². The molecule has 0 aliphatic heterocycles.